The Bertz CT molecular complexity index is 5410. The fourth-order valence-corrected chi connectivity index (χ4v) is 20.3. The Morgan fingerprint density at radius 3 is 1.60 bits per heavy atom. The van der Waals surface area contributed by atoms with Crippen LogP contribution in [0, 0.1) is 27.6 Å². The number of aliphatic hydroxyl groups is 2. The number of rotatable bonds is 54. The number of nitrogens with one attached hydrogen (secondary N) is 13. The number of esters is 4. The number of thioether (sulfide) groups is 1. The lowest BCUT2D eigenvalue weighted by molar-refractivity contribution is -0.346. The number of amides is 10. The van der Waals surface area contributed by atoms with E-state index in [1.165, 1.54) is 63.7 Å². The number of nitrogens with zero attached hydrogens (tertiary/aromatic N) is 1. The van der Waals surface area contributed by atoms with Crippen LogP contribution in [0.5, 0.6) is 0 Å². The molecule has 0 radical (unpaired) electrons. The number of hydrogen-bond donors (Lipinski definition) is 21. The minimum absolute atomic E-state index is 0.00242. The fourth-order valence-electron chi connectivity index (χ4n) is 19.8. The molecular formula is C100H140N20O23S. The summed E-state index contributed by atoms with van der Waals surface area (Å²) in [5, 5.41) is 71.1. The van der Waals surface area contributed by atoms with Crippen molar-refractivity contribution in [3.8, 4) is 0 Å². The van der Waals surface area contributed by atoms with E-state index in [9.17, 15) is 53.4 Å². The molecule has 5 aliphatic rings. The number of aromatic nitrogens is 1. The summed E-state index contributed by atoms with van der Waals surface area (Å²) in [7, 11) is 0. The van der Waals surface area contributed by atoms with Gasteiger partial charge in [0.15, 0.2) is 35.5 Å². The average molecular weight is 2020 g/mol. The summed E-state index contributed by atoms with van der Waals surface area (Å²) in [6.07, 6.45) is -8.58. The molecule has 2 saturated heterocycles. The Morgan fingerprint density at radius 2 is 1.09 bits per heavy atom. The molecule has 5 aromatic rings. The first-order valence-electron chi connectivity index (χ1n) is 48.8. The van der Waals surface area contributed by atoms with Gasteiger partial charge in [-0.1, -0.05) is 98.8 Å². The average Bonchev–Trinajstić information content (AvgIpc) is 0.710. The SMILES string of the molecule is CSCC[C@H](NC(=O)[C@H](CCCNC(=N)N)NC(=O)[C@H](CCCNC(=N)N)NC(=O)CCN1C(=O)CCC1O[C@@H](C(=O)O[C@H]1C[C@@]2(O)[C@@H](OC(=O)c3ccccc3)[C@@H]3[C@]4(OC(C)=O)CO[C@@H]4C[C@H](O)[C@@]3(C)C(=O)[C@H](OC(C)=O)C(=C1C)C2(C)C)[C@@H](NC(=O)c1ccccc1)c1ccccc1)C(=O)N[C@@H](CCCCN)C(=O)N[C@@H](Cc1c[nH]c2ccccc12)C(=O)N[C@@H](CCCCN)C(=O)N[C@@H](CCCCN)C(N)=O. The lowest BCUT2D eigenvalue weighted by atomic mass is 9.44. The van der Waals surface area contributed by atoms with Gasteiger partial charge >= 0.3 is 23.9 Å². The van der Waals surface area contributed by atoms with Crippen LogP contribution in [0.1, 0.15) is 201 Å². The first kappa shape index (κ1) is 113. The molecule has 0 spiro atoms. The number of aromatic amines is 1. The quantitative estimate of drug-likeness (QED) is 0.00653. The Balaban J connectivity index is 0.933. The summed E-state index contributed by atoms with van der Waals surface area (Å²) in [5.41, 5.74) is 27.5. The Morgan fingerprint density at radius 1 is 0.597 bits per heavy atom. The van der Waals surface area contributed by atoms with E-state index < -0.39 is 246 Å². The number of benzene rings is 4. The van der Waals surface area contributed by atoms with Crippen molar-refractivity contribution in [2.24, 2.45) is 51.1 Å². The van der Waals surface area contributed by atoms with Gasteiger partial charge in [-0.15, -0.1) is 0 Å². The molecule has 3 aliphatic carbocycles. The summed E-state index contributed by atoms with van der Waals surface area (Å²) < 4.78 is 38.6. The van der Waals surface area contributed by atoms with Crippen molar-refractivity contribution < 1.29 is 111 Å². The number of para-hydroxylation sites is 1. The van der Waals surface area contributed by atoms with Crippen LogP contribution in [0.15, 0.2) is 133 Å². The van der Waals surface area contributed by atoms with Crippen LogP contribution in [-0.4, -0.2) is 275 Å². The van der Waals surface area contributed by atoms with Crippen molar-refractivity contribution in [1.82, 2.24) is 63.1 Å². The maximum Gasteiger partial charge on any atom is 0.338 e. The highest BCUT2D eigenvalue weighted by Crippen LogP contribution is 2.65. The number of primary amides is 1. The number of ether oxygens (including phenoxy) is 6. The van der Waals surface area contributed by atoms with Crippen molar-refractivity contribution in [3.63, 3.8) is 0 Å². The van der Waals surface area contributed by atoms with Gasteiger partial charge in [-0.3, -0.25) is 73.1 Å². The maximum atomic E-state index is 16.4. The molecule has 2 saturated carbocycles. The van der Waals surface area contributed by atoms with Crippen LogP contribution in [-0.2, 0) is 97.2 Å². The number of aliphatic hydroxyl groups excluding tert-OH is 1. The van der Waals surface area contributed by atoms with Crippen LogP contribution in [0.2, 0.25) is 0 Å². The van der Waals surface area contributed by atoms with Crippen LogP contribution < -0.4 is 87.6 Å². The van der Waals surface area contributed by atoms with E-state index >= 15 is 28.8 Å². The molecule has 4 fully saturated rings. The molecule has 1 unspecified atom stereocenters. The highest BCUT2D eigenvalue weighted by molar-refractivity contribution is 7.98. The summed E-state index contributed by atoms with van der Waals surface area (Å²) >= 11 is 1.32. The standard InChI is InChI=1S/C100H140N20O23S/c1-56-72(53-100(137)84(142-93(135)61-31-15-10-16-32-61)82-98(6,73(123)52-74-99(82,55-138-74)143-58(3)122)83(126)80(139-57(2)121)78(56)97(100,4)5)140-94(136)81(79(59-27-11-8-12-28-59)119-86(128)60-29-13-9-14-30-60)141-77-41-40-76(125)120(77)49-42-75(124)112-66(38-25-47-109-95(105)106)87(129)115-69(39-26-48-110-96(107)108)89(131)117-70(43-50-144-7)91(133)114-68(37-21-24-46-103)90(132)118-71(51-62-54-111-64-34-18-17-33-63(62)64)92(134)116-67(36-20-23-45-102)88(130)113-65(85(104)127)35-19-22-44-101/h8-18,27-34,54,65-74,77,79-82,84,111,123,137H,19-26,35-53,55,101-103H2,1-7H3,(H2,104,127)(H,112,124)(H,113,130)(H,114,133)(H,115,129)(H,116,134)(H,117,131)(H,118,132)(H,119,128)(H4,105,106,109)(H4,107,108,110)/t65-,66-,67-,68-,69-,70-,71-,72-,73-,74+,77?,79-,80+,81+,82-,84-,98+,99-,100+/m0/s1. The first-order valence-corrected chi connectivity index (χ1v) is 50.2. The van der Waals surface area contributed by atoms with Gasteiger partial charge in [0, 0.05) is 100 Å². The Labute approximate surface area is 839 Å². The number of nitrogens with two attached hydrogens (primary N) is 6. The third kappa shape index (κ3) is 28.4. The number of carbonyl (C=O) groups excluding carboxylic acids is 15. The largest absolute Gasteiger partial charge is 0.456 e. The van der Waals surface area contributed by atoms with Gasteiger partial charge in [0.2, 0.25) is 53.2 Å². The van der Waals surface area contributed by atoms with Gasteiger partial charge in [-0.25, -0.2) is 9.59 Å². The second-order valence-electron chi connectivity index (χ2n) is 37.8. The minimum Gasteiger partial charge on any atom is -0.456 e. The topological polar surface area (TPSA) is 695 Å². The van der Waals surface area contributed by atoms with Crippen LogP contribution in [0.3, 0.4) is 0 Å². The summed E-state index contributed by atoms with van der Waals surface area (Å²) in [6, 6.07) is 19.6. The Kier molecular flexibility index (Phi) is 41.2. The lowest BCUT2D eigenvalue weighted by Gasteiger charge is -2.67. The fraction of sp³-hybridized carbons (Fsp3) is 0.550. The van der Waals surface area contributed by atoms with Gasteiger partial charge < -0.3 is 136 Å². The summed E-state index contributed by atoms with van der Waals surface area (Å²) in [5.74, 6) is -15.6. The van der Waals surface area contributed by atoms with E-state index in [1.54, 1.807) is 85.2 Å². The molecule has 2 aliphatic heterocycles. The molecule has 4 aromatic carbocycles. The molecule has 27 N–H and O–H groups in total. The van der Waals surface area contributed by atoms with Crippen molar-refractivity contribution in [2.75, 3.05) is 57.9 Å². The van der Waals surface area contributed by atoms with E-state index in [0.29, 0.717) is 55.1 Å². The van der Waals surface area contributed by atoms with E-state index in [0.717, 1.165) is 18.7 Å². The van der Waals surface area contributed by atoms with Gasteiger partial charge in [-0.2, -0.15) is 11.8 Å². The van der Waals surface area contributed by atoms with Crippen molar-refractivity contribution >= 4 is 123 Å². The second-order valence-corrected chi connectivity index (χ2v) is 38.8. The second kappa shape index (κ2) is 52.5. The number of likely N-dealkylation sites (tertiary alicyclic amines) is 1. The van der Waals surface area contributed by atoms with Gasteiger partial charge in [0.05, 0.1) is 35.6 Å². The number of guanidine groups is 2. The molecule has 3 heterocycles. The zero-order valence-corrected chi connectivity index (χ0v) is 83.2. The maximum absolute atomic E-state index is 16.4. The van der Waals surface area contributed by atoms with E-state index in [4.69, 9.17) is 73.6 Å². The highest BCUT2D eigenvalue weighted by Gasteiger charge is 2.79. The van der Waals surface area contributed by atoms with E-state index in [1.807, 2.05) is 18.2 Å². The first-order chi connectivity index (χ1) is 68.7. The third-order valence-electron chi connectivity index (χ3n) is 27.6. The summed E-state index contributed by atoms with van der Waals surface area (Å²) in [4.78, 5) is 226. The van der Waals surface area contributed by atoms with Crippen molar-refractivity contribution in [2.45, 2.75) is 272 Å². The molecule has 10 rings (SSSR count). The van der Waals surface area contributed by atoms with Gasteiger partial charge in [-0.05, 0) is 188 Å². The van der Waals surface area contributed by atoms with E-state index in [2.05, 4.69) is 58.2 Å². The van der Waals surface area contributed by atoms with Crippen molar-refractivity contribution in [3.05, 3.63) is 155 Å². The summed E-state index contributed by atoms with van der Waals surface area (Å²) in [6.45, 7) is 7.82. The monoisotopic (exact) mass is 2020 g/mol. The molecule has 1 aromatic heterocycles. The smallest absolute Gasteiger partial charge is 0.338 e. The molecule has 2 bridgehead atoms. The van der Waals surface area contributed by atoms with Crippen LogP contribution in [0.25, 0.3) is 10.9 Å². The Hall–Kier alpha value is -13.0. The molecule has 10 amide bonds. The number of unbranched alkanes of at least 4 members (excludes halogenated alkanes) is 3. The van der Waals surface area contributed by atoms with Crippen LogP contribution in [0.4, 0.5) is 0 Å². The van der Waals surface area contributed by atoms with Crippen LogP contribution >= 0.6 is 11.8 Å². The zero-order chi connectivity index (χ0) is 105. The molecule has 43 nitrogen and oxygen atoms in total. The minimum atomic E-state index is -2.62. The van der Waals surface area contributed by atoms with E-state index in [-0.39, 0.29) is 143 Å². The lowest BCUT2D eigenvalue weighted by Crippen LogP contribution is -2.82. The molecular weight excluding hydrogens is 1880 g/mol. The third-order valence-corrected chi connectivity index (χ3v) is 28.3. The van der Waals surface area contributed by atoms with Gasteiger partial charge in [0.25, 0.3) is 5.91 Å². The molecule has 144 heavy (non-hydrogen) atoms. The molecule has 19 atom stereocenters. The number of Topliss-reactive ketones (excluding diaryl/α,β-unsaturated/α-hetero) is 1. The number of H-pyrrole nitrogens is 1. The number of hydrogen-bond acceptors (Lipinski definition) is 29. The number of carbonyl (C=O) groups is 15. The number of ketones is 1. The van der Waals surface area contributed by atoms with Crippen molar-refractivity contribution in [1.29, 1.82) is 10.8 Å². The highest BCUT2D eigenvalue weighted by atomic mass is 32.2. The predicted octanol–water partition coefficient (Wildman–Crippen LogP) is 1.37. The molecule has 44 heteroatoms. The predicted molar refractivity (Wildman–Crippen MR) is 531 cm³/mol. The normalized spacial score (nSPS) is 22.7. The zero-order valence-electron chi connectivity index (χ0n) is 82.4. The molecule has 784 valence electrons. The van der Waals surface area contributed by atoms with Gasteiger partial charge in [0.1, 0.15) is 72.4 Å². The number of fused-ring (bicyclic) bond motifs is 6.